The van der Waals surface area contributed by atoms with Crippen LogP contribution < -0.4 is 5.32 Å². The first-order chi connectivity index (χ1) is 7.83. The molecule has 0 atom stereocenters. The van der Waals surface area contributed by atoms with Gasteiger partial charge in [0.25, 0.3) is 0 Å². The number of anilines is 1. The van der Waals surface area contributed by atoms with Crippen molar-refractivity contribution < 1.29 is 4.42 Å². The standard InChI is InChI=1S/C13H12N2O/c14-8-13(5-6-13)9-15-11-7-16-12-4-2-1-3-10(11)12/h1-4,7,15H,5-6,9H2. The molecule has 3 heteroatoms. The van der Waals surface area contributed by atoms with Crippen LogP contribution in [0, 0.1) is 16.7 Å². The number of para-hydroxylation sites is 1. The number of hydrogen-bond donors (Lipinski definition) is 1. The fraction of sp³-hybridized carbons (Fsp3) is 0.308. The first-order valence-corrected chi connectivity index (χ1v) is 5.44. The lowest BCUT2D eigenvalue weighted by atomic mass is 10.1. The molecule has 0 radical (unpaired) electrons. The van der Waals surface area contributed by atoms with E-state index >= 15 is 0 Å². The first kappa shape index (κ1) is 9.29. The summed E-state index contributed by atoms with van der Waals surface area (Å²) in [5.74, 6) is 0. The van der Waals surface area contributed by atoms with Crippen molar-refractivity contribution in [1.29, 1.82) is 5.26 Å². The van der Waals surface area contributed by atoms with Crippen LogP contribution in [0.15, 0.2) is 34.9 Å². The van der Waals surface area contributed by atoms with Crippen LogP contribution in [-0.2, 0) is 0 Å². The van der Waals surface area contributed by atoms with Crippen LogP contribution in [-0.4, -0.2) is 6.54 Å². The Hall–Kier alpha value is -1.95. The van der Waals surface area contributed by atoms with E-state index in [2.05, 4.69) is 11.4 Å². The Labute approximate surface area is 93.7 Å². The minimum Gasteiger partial charge on any atom is -0.462 e. The summed E-state index contributed by atoms with van der Waals surface area (Å²) in [5, 5.41) is 13.4. The summed E-state index contributed by atoms with van der Waals surface area (Å²) >= 11 is 0. The molecule has 0 unspecified atom stereocenters. The van der Waals surface area contributed by atoms with E-state index in [1.54, 1.807) is 6.26 Å². The zero-order valence-corrected chi connectivity index (χ0v) is 8.86. The molecule has 1 saturated carbocycles. The predicted octanol–water partition coefficient (Wildman–Crippen LogP) is 3.15. The van der Waals surface area contributed by atoms with Crippen molar-refractivity contribution >= 4 is 16.7 Å². The van der Waals surface area contributed by atoms with Crippen molar-refractivity contribution in [3.63, 3.8) is 0 Å². The summed E-state index contributed by atoms with van der Waals surface area (Å²) in [6.45, 7) is 0.715. The number of benzene rings is 1. The molecule has 80 valence electrons. The highest BCUT2D eigenvalue weighted by atomic mass is 16.3. The van der Waals surface area contributed by atoms with E-state index in [0.29, 0.717) is 6.54 Å². The second-order valence-corrected chi connectivity index (χ2v) is 4.39. The molecule has 1 N–H and O–H groups in total. The Morgan fingerprint density at radius 3 is 2.94 bits per heavy atom. The number of furan rings is 1. The average molecular weight is 212 g/mol. The average Bonchev–Trinajstić information content (AvgIpc) is 3.01. The maximum Gasteiger partial charge on any atom is 0.136 e. The molecule has 1 aromatic heterocycles. The van der Waals surface area contributed by atoms with Crippen molar-refractivity contribution in [2.75, 3.05) is 11.9 Å². The summed E-state index contributed by atoms with van der Waals surface area (Å²) in [5.41, 5.74) is 1.74. The molecule has 0 bridgehead atoms. The van der Waals surface area contributed by atoms with Gasteiger partial charge in [-0.05, 0) is 25.0 Å². The van der Waals surface area contributed by atoms with Gasteiger partial charge < -0.3 is 9.73 Å². The normalized spacial score (nSPS) is 16.9. The lowest BCUT2D eigenvalue weighted by Crippen LogP contribution is -2.12. The monoisotopic (exact) mass is 212 g/mol. The van der Waals surface area contributed by atoms with Crippen LogP contribution >= 0.6 is 0 Å². The largest absolute Gasteiger partial charge is 0.462 e. The van der Waals surface area contributed by atoms with Gasteiger partial charge in [-0.1, -0.05) is 12.1 Å². The molecule has 1 aromatic carbocycles. The molecule has 1 fully saturated rings. The van der Waals surface area contributed by atoms with Crippen molar-refractivity contribution in [3.05, 3.63) is 30.5 Å². The molecule has 0 saturated heterocycles. The van der Waals surface area contributed by atoms with Crippen LogP contribution in [0.2, 0.25) is 0 Å². The molecule has 0 spiro atoms. The van der Waals surface area contributed by atoms with Gasteiger partial charge >= 0.3 is 0 Å². The van der Waals surface area contributed by atoms with E-state index in [9.17, 15) is 0 Å². The van der Waals surface area contributed by atoms with Gasteiger partial charge in [0.2, 0.25) is 0 Å². The van der Waals surface area contributed by atoms with E-state index < -0.39 is 0 Å². The van der Waals surface area contributed by atoms with Crippen molar-refractivity contribution in [2.24, 2.45) is 5.41 Å². The van der Waals surface area contributed by atoms with Crippen LogP contribution in [0.5, 0.6) is 0 Å². The Bertz CT molecular complexity index is 561. The highest BCUT2D eigenvalue weighted by Gasteiger charge is 2.42. The Morgan fingerprint density at radius 2 is 2.19 bits per heavy atom. The van der Waals surface area contributed by atoms with Crippen LogP contribution in [0.3, 0.4) is 0 Å². The molecule has 0 amide bonds. The third-order valence-corrected chi connectivity index (χ3v) is 3.19. The third kappa shape index (κ3) is 1.43. The predicted molar refractivity (Wildman–Crippen MR) is 62.0 cm³/mol. The summed E-state index contributed by atoms with van der Waals surface area (Å²) in [6, 6.07) is 10.3. The van der Waals surface area contributed by atoms with Gasteiger partial charge in [-0.15, -0.1) is 0 Å². The Balaban J connectivity index is 1.82. The van der Waals surface area contributed by atoms with Gasteiger partial charge in [-0.2, -0.15) is 5.26 Å². The summed E-state index contributed by atoms with van der Waals surface area (Å²) in [6.07, 6.45) is 3.73. The smallest absolute Gasteiger partial charge is 0.136 e. The topological polar surface area (TPSA) is 49.0 Å². The summed E-state index contributed by atoms with van der Waals surface area (Å²) in [7, 11) is 0. The molecule has 2 aromatic rings. The molecular formula is C13H12N2O. The quantitative estimate of drug-likeness (QED) is 0.850. The fourth-order valence-electron chi connectivity index (χ4n) is 1.86. The molecule has 0 aliphatic heterocycles. The minimum absolute atomic E-state index is 0.127. The maximum atomic E-state index is 8.99. The first-order valence-electron chi connectivity index (χ1n) is 5.44. The van der Waals surface area contributed by atoms with E-state index in [1.165, 1.54) is 0 Å². The number of hydrogen-bond acceptors (Lipinski definition) is 3. The molecule has 1 aliphatic carbocycles. The number of fused-ring (bicyclic) bond motifs is 1. The molecular weight excluding hydrogens is 200 g/mol. The molecule has 1 heterocycles. The van der Waals surface area contributed by atoms with E-state index in [-0.39, 0.29) is 5.41 Å². The number of rotatable bonds is 3. The highest BCUT2D eigenvalue weighted by Crippen LogP contribution is 2.45. The van der Waals surface area contributed by atoms with Gasteiger partial charge in [0.1, 0.15) is 11.8 Å². The van der Waals surface area contributed by atoms with Gasteiger partial charge in [0.05, 0.1) is 17.2 Å². The Kier molecular flexibility index (Phi) is 1.90. The van der Waals surface area contributed by atoms with Crippen LogP contribution in [0.25, 0.3) is 11.0 Å². The van der Waals surface area contributed by atoms with E-state index in [1.807, 2.05) is 24.3 Å². The third-order valence-electron chi connectivity index (χ3n) is 3.19. The minimum atomic E-state index is -0.127. The lowest BCUT2D eigenvalue weighted by molar-refractivity contribution is 0.615. The van der Waals surface area contributed by atoms with Gasteiger partial charge in [-0.25, -0.2) is 0 Å². The van der Waals surface area contributed by atoms with Crippen molar-refractivity contribution in [3.8, 4) is 6.07 Å². The fourth-order valence-corrected chi connectivity index (χ4v) is 1.86. The van der Waals surface area contributed by atoms with Gasteiger partial charge in [0, 0.05) is 11.9 Å². The summed E-state index contributed by atoms with van der Waals surface area (Å²) < 4.78 is 5.42. The van der Waals surface area contributed by atoms with E-state index in [0.717, 1.165) is 29.5 Å². The number of nitrogens with one attached hydrogen (secondary N) is 1. The van der Waals surface area contributed by atoms with Crippen molar-refractivity contribution in [2.45, 2.75) is 12.8 Å². The molecule has 16 heavy (non-hydrogen) atoms. The second-order valence-electron chi connectivity index (χ2n) is 4.39. The number of nitriles is 1. The molecule has 3 nitrogen and oxygen atoms in total. The zero-order chi connectivity index (χ0) is 11.0. The second kappa shape index (κ2) is 3.28. The lowest BCUT2D eigenvalue weighted by Gasteiger charge is -2.07. The van der Waals surface area contributed by atoms with Gasteiger partial charge in [0.15, 0.2) is 0 Å². The zero-order valence-electron chi connectivity index (χ0n) is 8.86. The Morgan fingerprint density at radius 1 is 1.38 bits per heavy atom. The summed E-state index contributed by atoms with van der Waals surface area (Å²) in [4.78, 5) is 0. The van der Waals surface area contributed by atoms with Crippen LogP contribution in [0.4, 0.5) is 5.69 Å². The van der Waals surface area contributed by atoms with Crippen molar-refractivity contribution in [1.82, 2.24) is 0 Å². The molecule has 1 aliphatic rings. The van der Waals surface area contributed by atoms with Crippen LogP contribution in [0.1, 0.15) is 12.8 Å². The number of nitrogens with zero attached hydrogens (tertiary/aromatic N) is 1. The van der Waals surface area contributed by atoms with E-state index in [4.69, 9.17) is 9.68 Å². The van der Waals surface area contributed by atoms with Gasteiger partial charge in [-0.3, -0.25) is 0 Å². The SMILES string of the molecule is N#CC1(CNc2coc3ccccc23)CC1. The maximum absolute atomic E-state index is 8.99. The highest BCUT2D eigenvalue weighted by molar-refractivity contribution is 5.90. The molecule has 3 rings (SSSR count).